The number of methoxy groups -OCH3 is 1. The summed E-state index contributed by atoms with van der Waals surface area (Å²) in [6.45, 7) is 14.1. The average molecular weight is 465 g/mol. The van der Waals surface area contributed by atoms with Crippen molar-refractivity contribution in [2.45, 2.75) is 32.6 Å². The van der Waals surface area contributed by atoms with Crippen LogP contribution in [0.5, 0.6) is 5.75 Å². The third kappa shape index (κ3) is 3.53. The highest BCUT2D eigenvalue weighted by molar-refractivity contribution is 6.11. The van der Waals surface area contributed by atoms with Gasteiger partial charge < -0.3 is 9.72 Å². The summed E-state index contributed by atoms with van der Waals surface area (Å²) in [5.41, 5.74) is 9.08. The molecule has 7 nitrogen and oxygen atoms in total. The van der Waals surface area contributed by atoms with Crippen LogP contribution >= 0.6 is 0 Å². The van der Waals surface area contributed by atoms with Crippen LogP contribution in [-0.4, -0.2) is 51.3 Å². The molecule has 176 valence electrons. The first-order valence-electron chi connectivity index (χ1n) is 12.1. The number of nitrogens with zero attached hydrogens (tertiary/aromatic N) is 5. The first-order chi connectivity index (χ1) is 17.1. The number of H-pyrrole nitrogens is 1. The molecule has 5 aromatic rings. The Hall–Kier alpha value is -3.89. The van der Waals surface area contributed by atoms with Gasteiger partial charge in [-0.15, -0.1) is 0 Å². The van der Waals surface area contributed by atoms with Crippen molar-refractivity contribution in [3.05, 3.63) is 71.0 Å². The number of nitrogens with one attached hydrogen (secondary N) is 1. The van der Waals surface area contributed by atoms with E-state index >= 15 is 0 Å². The molecule has 0 radical (unpaired) electrons. The van der Waals surface area contributed by atoms with Crippen LogP contribution < -0.4 is 4.74 Å². The number of pyridine rings is 1. The van der Waals surface area contributed by atoms with Crippen LogP contribution in [0.4, 0.5) is 0 Å². The highest BCUT2D eigenvalue weighted by atomic mass is 16.5. The van der Waals surface area contributed by atoms with E-state index in [1.807, 2.05) is 12.3 Å². The molecule has 1 aliphatic heterocycles. The van der Waals surface area contributed by atoms with E-state index in [1.165, 1.54) is 33.9 Å². The predicted octanol–water partition coefficient (Wildman–Crippen LogP) is 5.71. The lowest BCUT2D eigenvalue weighted by atomic mass is 9.89. The Kier molecular flexibility index (Phi) is 5.19. The number of benzene rings is 2. The molecular formula is C28H28N6O. The zero-order chi connectivity index (χ0) is 24.1. The summed E-state index contributed by atoms with van der Waals surface area (Å²) in [5.74, 6) is 1.18. The maximum Gasteiger partial charge on any atom is 0.270 e. The number of hydrogen-bond acceptors (Lipinski definition) is 4. The van der Waals surface area contributed by atoms with Gasteiger partial charge in [-0.1, -0.05) is 6.07 Å². The molecular weight excluding hydrogens is 436 g/mol. The van der Waals surface area contributed by atoms with Gasteiger partial charge in [-0.2, -0.15) is 5.10 Å². The Morgan fingerprint density at radius 1 is 1.17 bits per heavy atom. The van der Waals surface area contributed by atoms with E-state index in [1.54, 1.807) is 18.0 Å². The summed E-state index contributed by atoms with van der Waals surface area (Å²) in [4.78, 5) is 13.9. The molecule has 0 saturated carbocycles. The van der Waals surface area contributed by atoms with Crippen molar-refractivity contribution in [2.75, 3.05) is 26.9 Å². The molecule has 1 unspecified atom stereocenters. The molecule has 3 aromatic heterocycles. The summed E-state index contributed by atoms with van der Waals surface area (Å²) in [5, 5.41) is 6.89. The van der Waals surface area contributed by atoms with Gasteiger partial charge in [0.15, 0.2) is 11.4 Å². The lowest BCUT2D eigenvalue weighted by Crippen LogP contribution is -2.34. The Morgan fingerprint density at radius 3 is 2.89 bits per heavy atom. The van der Waals surface area contributed by atoms with Gasteiger partial charge in [-0.3, -0.25) is 4.85 Å². The molecule has 0 amide bonds. The van der Waals surface area contributed by atoms with E-state index < -0.39 is 0 Å². The molecule has 4 heterocycles. The number of ether oxygens (including phenoxy) is 1. The van der Waals surface area contributed by atoms with Gasteiger partial charge in [0.25, 0.3) is 6.67 Å². The molecule has 1 N–H and O–H groups in total. The van der Waals surface area contributed by atoms with Gasteiger partial charge in [0, 0.05) is 46.7 Å². The number of piperidine rings is 1. The summed E-state index contributed by atoms with van der Waals surface area (Å²) in [7, 11) is 1.66. The van der Waals surface area contributed by atoms with Crippen molar-refractivity contribution in [2.24, 2.45) is 0 Å². The smallest absolute Gasteiger partial charge is 0.270 e. The lowest BCUT2D eigenvalue weighted by molar-refractivity contribution is 0.227. The largest absolute Gasteiger partial charge is 0.493 e. The maximum atomic E-state index is 7.23. The number of hydrogen-bond donors (Lipinski definition) is 1. The molecule has 0 bridgehead atoms. The van der Waals surface area contributed by atoms with Crippen LogP contribution in [0.1, 0.15) is 35.4 Å². The van der Waals surface area contributed by atoms with Crippen molar-refractivity contribution in [3.63, 3.8) is 0 Å². The van der Waals surface area contributed by atoms with Crippen LogP contribution in [0.3, 0.4) is 0 Å². The Bertz CT molecular complexity index is 1620. The highest BCUT2D eigenvalue weighted by Crippen LogP contribution is 2.38. The van der Waals surface area contributed by atoms with Gasteiger partial charge in [-0.05, 0) is 79.1 Å². The SMILES string of the molecule is [C-]#[N+]CN1CCCC(c2ccc3[nH]c4cc(-c5cc(OC)c6ncnn6c5)c(C)c(C)c4c3c2)C1. The van der Waals surface area contributed by atoms with Gasteiger partial charge in [0.05, 0.1) is 7.11 Å². The van der Waals surface area contributed by atoms with Crippen molar-refractivity contribution in [1.29, 1.82) is 0 Å². The second kappa shape index (κ2) is 8.40. The van der Waals surface area contributed by atoms with Gasteiger partial charge in [0.2, 0.25) is 0 Å². The maximum absolute atomic E-state index is 7.23. The fourth-order valence-electron chi connectivity index (χ4n) is 5.69. The minimum Gasteiger partial charge on any atom is -0.493 e. The Balaban J connectivity index is 1.47. The van der Waals surface area contributed by atoms with Gasteiger partial charge in [0.1, 0.15) is 6.33 Å². The van der Waals surface area contributed by atoms with Crippen molar-refractivity contribution >= 4 is 27.5 Å². The predicted molar refractivity (Wildman–Crippen MR) is 139 cm³/mol. The van der Waals surface area contributed by atoms with Crippen LogP contribution in [0.15, 0.2) is 42.9 Å². The zero-order valence-corrected chi connectivity index (χ0v) is 20.3. The third-order valence-electron chi connectivity index (χ3n) is 7.60. The number of aryl methyl sites for hydroxylation is 1. The van der Waals surface area contributed by atoms with Crippen LogP contribution in [0, 0.1) is 20.4 Å². The van der Waals surface area contributed by atoms with Crippen LogP contribution in [-0.2, 0) is 0 Å². The molecule has 2 aromatic carbocycles. The van der Waals surface area contributed by atoms with E-state index in [0.717, 1.165) is 41.7 Å². The minimum atomic E-state index is 0.474. The molecule has 6 rings (SSSR count). The summed E-state index contributed by atoms with van der Waals surface area (Å²) in [6.07, 6.45) is 5.88. The molecule has 1 fully saturated rings. The number of aromatic nitrogens is 4. The van der Waals surface area contributed by atoms with Gasteiger partial charge >= 0.3 is 0 Å². The number of fused-ring (bicyclic) bond motifs is 4. The topological polar surface area (TPSA) is 62.8 Å². The number of aromatic amines is 1. The zero-order valence-electron chi connectivity index (χ0n) is 20.3. The monoisotopic (exact) mass is 464 g/mol. The molecule has 0 aliphatic carbocycles. The molecule has 1 saturated heterocycles. The average Bonchev–Trinajstić information content (AvgIpc) is 3.50. The fourth-order valence-corrected chi connectivity index (χ4v) is 5.69. The highest BCUT2D eigenvalue weighted by Gasteiger charge is 2.23. The van der Waals surface area contributed by atoms with Crippen LogP contribution in [0.2, 0.25) is 0 Å². The second-order valence-electron chi connectivity index (χ2n) is 9.57. The molecule has 7 heteroatoms. The Labute approximate surface area is 204 Å². The summed E-state index contributed by atoms with van der Waals surface area (Å²) >= 11 is 0. The van der Waals surface area contributed by atoms with E-state index in [0.29, 0.717) is 24.0 Å². The second-order valence-corrected chi connectivity index (χ2v) is 9.57. The van der Waals surface area contributed by atoms with Crippen LogP contribution in [0.25, 0.3) is 43.4 Å². The number of rotatable bonds is 4. The third-order valence-corrected chi connectivity index (χ3v) is 7.60. The van der Waals surface area contributed by atoms with E-state index in [4.69, 9.17) is 11.3 Å². The van der Waals surface area contributed by atoms with Crippen molar-refractivity contribution in [1.82, 2.24) is 24.5 Å². The summed E-state index contributed by atoms with van der Waals surface area (Å²) in [6, 6.07) is 11.1. The van der Waals surface area contributed by atoms with E-state index in [9.17, 15) is 0 Å². The van der Waals surface area contributed by atoms with E-state index in [2.05, 4.69) is 62.9 Å². The minimum absolute atomic E-state index is 0.474. The first-order valence-corrected chi connectivity index (χ1v) is 12.1. The fraction of sp³-hybridized carbons (Fsp3) is 0.321. The molecule has 1 atom stereocenters. The van der Waals surface area contributed by atoms with Crippen molar-refractivity contribution < 1.29 is 4.74 Å². The van der Waals surface area contributed by atoms with Crippen molar-refractivity contribution in [3.8, 4) is 16.9 Å². The normalized spacial score (nSPS) is 16.8. The summed E-state index contributed by atoms with van der Waals surface area (Å²) < 4.78 is 7.37. The first kappa shape index (κ1) is 21.6. The lowest BCUT2D eigenvalue weighted by Gasteiger charge is -2.29. The Morgan fingerprint density at radius 2 is 2.06 bits per heavy atom. The molecule has 1 aliphatic rings. The number of likely N-dealkylation sites (tertiary alicyclic amines) is 1. The molecule has 35 heavy (non-hydrogen) atoms. The van der Waals surface area contributed by atoms with Gasteiger partial charge in [-0.25, -0.2) is 21.0 Å². The standard InChI is InChI=1S/C28H28N6O/c1-17-18(2)27-23-10-19(20-6-5-9-33(13-20)16-29-3)7-8-24(23)32-25(27)12-22(17)21-11-26(35-4)28-30-15-31-34(28)14-21/h7-8,10-12,14-15,20,32H,5-6,9,13,16H2,1-2,4H3. The molecule has 0 spiro atoms. The van der Waals surface area contributed by atoms with E-state index in [-0.39, 0.29) is 0 Å². The quantitative estimate of drug-likeness (QED) is 0.346.